The van der Waals surface area contributed by atoms with Crippen LogP contribution in [0.3, 0.4) is 0 Å². The summed E-state index contributed by atoms with van der Waals surface area (Å²) in [5.41, 5.74) is 0.792. The molecule has 18 heavy (non-hydrogen) atoms. The molecule has 0 unspecified atom stereocenters. The largest absolute Gasteiger partial charge is 0.506 e. The Bertz CT molecular complexity index is 420. The van der Waals surface area contributed by atoms with E-state index in [0.29, 0.717) is 22.1 Å². The molecule has 1 aromatic rings. The molecule has 0 amide bonds. The first-order valence-corrected chi connectivity index (χ1v) is 7.31. The standard InChI is InChI=1S/C13H17BrClNO2/c14-12-6-9(15)5-8(13(12)18)7-16-10-1-3-11(17)4-2-10/h5-6,10-11,16-18H,1-4,7H2. The maximum atomic E-state index is 9.91. The fraction of sp³-hybridized carbons (Fsp3) is 0.538. The van der Waals surface area contributed by atoms with Crippen molar-refractivity contribution >= 4 is 27.5 Å². The Hall–Kier alpha value is -0.290. The molecule has 0 spiro atoms. The Morgan fingerprint density at radius 1 is 1.28 bits per heavy atom. The van der Waals surface area contributed by atoms with E-state index < -0.39 is 0 Å². The highest BCUT2D eigenvalue weighted by molar-refractivity contribution is 9.10. The van der Waals surface area contributed by atoms with E-state index in [0.717, 1.165) is 31.2 Å². The summed E-state index contributed by atoms with van der Waals surface area (Å²) in [6.07, 6.45) is 3.51. The molecule has 1 aliphatic rings. The van der Waals surface area contributed by atoms with Gasteiger partial charge in [0.1, 0.15) is 5.75 Å². The van der Waals surface area contributed by atoms with Gasteiger partial charge in [0.2, 0.25) is 0 Å². The predicted molar refractivity (Wildman–Crippen MR) is 75.9 cm³/mol. The zero-order chi connectivity index (χ0) is 13.1. The zero-order valence-electron chi connectivity index (χ0n) is 10.00. The molecule has 1 fully saturated rings. The maximum Gasteiger partial charge on any atom is 0.134 e. The second-order valence-corrected chi connectivity index (χ2v) is 6.07. The molecule has 0 atom stereocenters. The molecule has 0 aromatic heterocycles. The Morgan fingerprint density at radius 3 is 2.61 bits per heavy atom. The van der Waals surface area contributed by atoms with Gasteiger partial charge in [-0.25, -0.2) is 0 Å². The van der Waals surface area contributed by atoms with Gasteiger partial charge in [0.25, 0.3) is 0 Å². The number of halogens is 2. The zero-order valence-corrected chi connectivity index (χ0v) is 12.3. The minimum atomic E-state index is -0.142. The van der Waals surface area contributed by atoms with Crippen molar-refractivity contribution in [3.05, 3.63) is 27.2 Å². The summed E-state index contributed by atoms with van der Waals surface area (Å²) in [6.45, 7) is 0.589. The molecule has 5 heteroatoms. The molecule has 3 N–H and O–H groups in total. The van der Waals surface area contributed by atoms with Crippen molar-refractivity contribution in [1.29, 1.82) is 0 Å². The van der Waals surface area contributed by atoms with Gasteiger partial charge in [-0.2, -0.15) is 0 Å². The van der Waals surface area contributed by atoms with E-state index in [-0.39, 0.29) is 11.9 Å². The average molecular weight is 335 g/mol. The van der Waals surface area contributed by atoms with Crippen molar-refractivity contribution in [2.45, 2.75) is 44.4 Å². The lowest BCUT2D eigenvalue weighted by atomic mass is 9.93. The predicted octanol–water partition coefficient (Wildman–Crippen LogP) is 3.20. The summed E-state index contributed by atoms with van der Waals surface area (Å²) in [5, 5.41) is 23.4. The highest BCUT2D eigenvalue weighted by Crippen LogP contribution is 2.31. The highest BCUT2D eigenvalue weighted by Gasteiger charge is 2.19. The molecule has 0 radical (unpaired) electrons. The van der Waals surface area contributed by atoms with Crippen LogP contribution in [-0.4, -0.2) is 22.4 Å². The molecule has 2 rings (SSSR count). The number of hydrogen-bond acceptors (Lipinski definition) is 3. The van der Waals surface area contributed by atoms with Crippen molar-refractivity contribution in [2.24, 2.45) is 0 Å². The molecule has 0 bridgehead atoms. The lowest BCUT2D eigenvalue weighted by Crippen LogP contribution is -2.34. The topological polar surface area (TPSA) is 52.5 Å². The van der Waals surface area contributed by atoms with Gasteiger partial charge in [0.05, 0.1) is 10.6 Å². The van der Waals surface area contributed by atoms with Crippen LogP contribution in [0, 0.1) is 0 Å². The number of hydrogen-bond donors (Lipinski definition) is 3. The molecule has 0 heterocycles. The van der Waals surface area contributed by atoms with Gasteiger partial charge < -0.3 is 15.5 Å². The van der Waals surface area contributed by atoms with Crippen molar-refractivity contribution in [1.82, 2.24) is 5.32 Å². The Balaban J connectivity index is 1.94. The molecular formula is C13H17BrClNO2. The minimum absolute atomic E-state index is 0.142. The first-order chi connectivity index (χ1) is 8.56. The van der Waals surface area contributed by atoms with Crippen LogP contribution >= 0.6 is 27.5 Å². The van der Waals surface area contributed by atoms with E-state index in [2.05, 4.69) is 21.2 Å². The molecule has 1 aliphatic carbocycles. The molecule has 1 aromatic carbocycles. The fourth-order valence-corrected chi connectivity index (χ4v) is 3.16. The molecule has 100 valence electrons. The quantitative estimate of drug-likeness (QED) is 0.795. The van der Waals surface area contributed by atoms with Gasteiger partial charge >= 0.3 is 0 Å². The van der Waals surface area contributed by atoms with Gasteiger partial charge in [0.15, 0.2) is 0 Å². The van der Waals surface area contributed by atoms with Crippen LogP contribution in [-0.2, 0) is 6.54 Å². The second kappa shape index (κ2) is 6.24. The number of rotatable bonds is 3. The van der Waals surface area contributed by atoms with Crippen LogP contribution in [0.25, 0.3) is 0 Å². The van der Waals surface area contributed by atoms with E-state index in [1.165, 1.54) is 0 Å². The van der Waals surface area contributed by atoms with Crippen LogP contribution in [0.15, 0.2) is 16.6 Å². The highest BCUT2D eigenvalue weighted by atomic mass is 79.9. The number of aromatic hydroxyl groups is 1. The normalized spacial score (nSPS) is 24.2. The Morgan fingerprint density at radius 2 is 1.94 bits per heavy atom. The van der Waals surface area contributed by atoms with Gasteiger partial charge in [-0.3, -0.25) is 0 Å². The van der Waals surface area contributed by atoms with E-state index >= 15 is 0 Å². The van der Waals surface area contributed by atoms with Crippen molar-refractivity contribution in [3.63, 3.8) is 0 Å². The number of benzene rings is 1. The lowest BCUT2D eigenvalue weighted by molar-refractivity contribution is 0.116. The molecule has 0 aliphatic heterocycles. The number of aliphatic hydroxyl groups excluding tert-OH is 1. The summed E-state index contributed by atoms with van der Waals surface area (Å²) in [7, 11) is 0. The third-order valence-corrected chi connectivity index (χ3v) is 4.21. The monoisotopic (exact) mass is 333 g/mol. The second-order valence-electron chi connectivity index (χ2n) is 4.78. The van der Waals surface area contributed by atoms with Gasteiger partial charge in [-0.1, -0.05) is 11.6 Å². The smallest absolute Gasteiger partial charge is 0.134 e. The van der Waals surface area contributed by atoms with E-state index in [9.17, 15) is 10.2 Å². The van der Waals surface area contributed by atoms with Crippen molar-refractivity contribution < 1.29 is 10.2 Å². The van der Waals surface area contributed by atoms with Crippen molar-refractivity contribution in [3.8, 4) is 5.75 Å². The summed E-state index contributed by atoms with van der Waals surface area (Å²) in [5.74, 6) is 0.239. The minimum Gasteiger partial charge on any atom is -0.506 e. The lowest BCUT2D eigenvalue weighted by Gasteiger charge is -2.26. The van der Waals surface area contributed by atoms with Gasteiger partial charge in [-0.05, 0) is 53.7 Å². The van der Waals surface area contributed by atoms with E-state index in [1.54, 1.807) is 12.1 Å². The average Bonchev–Trinajstić information content (AvgIpc) is 2.34. The first-order valence-electron chi connectivity index (χ1n) is 6.14. The third kappa shape index (κ3) is 3.60. The summed E-state index contributed by atoms with van der Waals surface area (Å²) in [6, 6.07) is 3.86. The molecule has 1 saturated carbocycles. The maximum absolute atomic E-state index is 9.91. The molecule has 3 nitrogen and oxygen atoms in total. The molecular weight excluding hydrogens is 318 g/mol. The third-order valence-electron chi connectivity index (χ3n) is 3.39. The summed E-state index contributed by atoms with van der Waals surface area (Å²) in [4.78, 5) is 0. The van der Waals surface area contributed by atoms with Crippen LogP contribution in [0.1, 0.15) is 31.2 Å². The molecule has 0 saturated heterocycles. The van der Waals surface area contributed by atoms with Crippen LogP contribution in [0.4, 0.5) is 0 Å². The Labute approximate surface area is 120 Å². The fourth-order valence-electron chi connectivity index (χ4n) is 2.29. The first kappa shape index (κ1) is 14.1. The summed E-state index contributed by atoms with van der Waals surface area (Å²) >= 11 is 9.24. The van der Waals surface area contributed by atoms with Crippen LogP contribution in [0.2, 0.25) is 5.02 Å². The number of nitrogens with one attached hydrogen (secondary N) is 1. The Kier molecular flexibility index (Phi) is 4.90. The van der Waals surface area contributed by atoms with Gasteiger partial charge in [-0.15, -0.1) is 0 Å². The number of phenols is 1. The number of phenolic OH excluding ortho intramolecular Hbond substituents is 1. The SMILES string of the molecule is Oc1c(Br)cc(Cl)cc1CNC1CCC(O)CC1. The van der Waals surface area contributed by atoms with Crippen LogP contribution < -0.4 is 5.32 Å². The van der Waals surface area contributed by atoms with E-state index in [1.807, 2.05) is 0 Å². The number of aliphatic hydroxyl groups is 1. The summed E-state index contributed by atoms with van der Waals surface area (Å²) < 4.78 is 0.617. The van der Waals surface area contributed by atoms with Crippen molar-refractivity contribution in [2.75, 3.05) is 0 Å². The van der Waals surface area contributed by atoms with Crippen LogP contribution in [0.5, 0.6) is 5.75 Å². The van der Waals surface area contributed by atoms with Gasteiger partial charge in [0, 0.05) is 23.2 Å². The van der Waals surface area contributed by atoms with E-state index in [4.69, 9.17) is 11.6 Å².